The van der Waals surface area contributed by atoms with Gasteiger partial charge in [0.15, 0.2) is 0 Å². The van der Waals surface area contributed by atoms with Gasteiger partial charge in [-0.3, -0.25) is 0 Å². The van der Waals surface area contributed by atoms with Gasteiger partial charge in [0.05, 0.1) is 6.07 Å². The fourth-order valence-corrected chi connectivity index (χ4v) is 3.61. The summed E-state index contributed by atoms with van der Waals surface area (Å²) in [5, 5.41) is 8.89. The highest BCUT2D eigenvalue weighted by molar-refractivity contribution is 5.09. The molecule has 0 unspecified atom stereocenters. The van der Waals surface area contributed by atoms with Crippen LogP contribution in [0.2, 0.25) is 0 Å². The zero-order valence-corrected chi connectivity index (χ0v) is 12.3. The number of nitrogens with zero attached hydrogens (tertiary/aromatic N) is 1. The molecule has 0 saturated heterocycles. The molecular weight excluding hydrogens is 230 g/mol. The molecule has 19 heavy (non-hydrogen) atoms. The van der Waals surface area contributed by atoms with Crippen LogP contribution in [0.5, 0.6) is 0 Å². The first-order chi connectivity index (χ1) is 9.31. The second-order valence-corrected chi connectivity index (χ2v) is 6.47. The van der Waals surface area contributed by atoms with Gasteiger partial charge < -0.3 is 0 Å². The minimum Gasteiger partial charge on any atom is -0.198 e. The summed E-state index contributed by atoms with van der Waals surface area (Å²) in [5.74, 6) is 9.62. The molecule has 0 aliphatic heterocycles. The molecular formula is C18H27N. The van der Waals surface area contributed by atoms with Crippen LogP contribution in [-0.4, -0.2) is 0 Å². The molecule has 0 heterocycles. The van der Waals surface area contributed by atoms with Gasteiger partial charge in [-0.2, -0.15) is 5.26 Å². The molecule has 1 nitrogen and oxygen atoms in total. The van der Waals surface area contributed by atoms with Crippen molar-refractivity contribution in [2.75, 3.05) is 0 Å². The highest BCUT2D eigenvalue weighted by Crippen LogP contribution is 2.32. The Hall–Kier alpha value is -0.950. The van der Waals surface area contributed by atoms with E-state index in [2.05, 4.69) is 24.8 Å². The van der Waals surface area contributed by atoms with Crippen LogP contribution in [0.4, 0.5) is 0 Å². The van der Waals surface area contributed by atoms with E-state index in [1.165, 1.54) is 38.5 Å². The van der Waals surface area contributed by atoms with Gasteiger partial charge in [0.1, 0.15) is 0 Å². The van der Waals surface area contributed by atoms with Crippen LogP contribution in [0, 0.1) is 46.8 Å². The van der Waals surface area contributed by atoms with Crippen molar-refractivity contribution in [1.29, 1.82) is 5.26 Å². The van der Waals surface area contributed by atoms with Crippen molar-refractivity contribution >= 4 is 0 Å². The normalized spacial score (nSPS) is 34.9. The Morgan fingerprint density at radius 2 is 1.26 bits per heavy atom. The standard InChI is InChI=1S/C18H27N/c1-2-3-15-4-6-16(7-5-15)8-9-17-10-12-18(14-19)13-11-17/h15-18H,2-7,10-13H2,1H3. The second kappa shape index (κ2) is 7.59. The molecule has 0 aromatic rings. The molecule has 2 aliphatic carbocycles. The third-order valence-corrected chi connectivity index (χ3v) is 4.95. The van der Waals surface area contributed by atoms with Crippen molar-refractivity contribution in [2.45, 2.75) is 71.1 Å². The monoisotopic (exact) mass is 257 g/mol. The van der Waals surface area contributed by atoms with Crippen molar-refractivity contribution in [3.05, 3.63) is 0 Å². The van der Waals surface area contributed by atoms with Gasteiger partial charge in [0.25, 0.3) is 0 Å². The van der Waals surface area contributed by atoms with E-state index < -0.39 is 0 Å². The highest BCUT2D eigenvalue weighted by Gasteiger charge is 2.21. The summed E-state index contributed by atoms with van der Waals surface area (Å²) in [6, 6.07) is 2.40. The van der Waals surface area contributed by atoms with Crippen LogP contribution in [0.1, 0.15) is 71.1 Å². The summed E-state index contributed by atoms with van der Waals surface area (Å²) in [7, 11) is 0. The van der Waals surface area contributed by atoms with Crippen molar-refractivity contribution in [2.24, 2.45) is 23.7 Å². The van der Waals surface area contributed by atoms with Gasteiger partial charge in [0.2, 0.25) is 0 Å². The molecule has 0 atom stereocenters. The van der Waals surface area contributed by atoms with Gasteiger partial charge >= 0.3 is 0 Å². The van der Waals surface area contributed by atoms with Crippen LogP contribution in [0.15, 0.2) is 0 Å². The van der Waals surface area contributed by atoms with E-state index >= 15 is 0 Å². The Labute approximate surface area is 118 Å². The maximum atomic E-state index is 8.89. The van der Waals surface area contributed by atoms with Crippen LogP contribution in [0.25, 0.3) is 0 Å². The topological polar surface area (TPSA) is 23.8 Å². The SMILES string of the molecule is CCCC1CCC(C#CC2CCC(C#N)CC2)CC1. The lowest BCUT2D eigenvalue weighted by Crippen LogP contribution is -2.14. The third kappa shape index (κ3) is 4.58. The highest BCUT2D eigenvalue weighted by atomic mass is 14.3. The molecule has 0 amide bonds. The van der Waals surface area contributed by atoms with Gasteiger partial charge in [-0.05, 0) is 57.3 Å². The smallest absolute Gasteiger partial charge is 0.0655 e. The maximum absolute atomic E-state index is 8.89. The molecule has 0 N–H and O–H groups in total. The Balaban J connectivity index is 1.72. The van der Waals surface area contributed by atoms with Crippen LogP contribution in [-0.2, 0) is 0 Å². The van der Waals surface area contributed by atoms with E-state index in [-0.39, 0.29) is 0 Å². The van der Waals surface area contributed by atoms with Crippen molar-refractivity contribution in [3.63, 3.8) is 0 Å². The lowest BCUT2D eigenvalue weighted by molar-refractivity contribution is 0.299. The molecule has 0 aromatic heterocycles. The summed E-state index contributed by atoms with van der Waals surface area (Å²) < 4.78 is 0. The lowest BCUT2D eigenvalue weighted by atomic mass is 9.79. The van der Waals surface area contributed by atoms with Gasteiger partial charge in [-0.1, -0.05) is 31.6 Å². The summed E-state index contributed by atoms with van der Waals surface area (Å²) in [5.41, 5.74) is 0. The first kappa shape index (κ1) is 14.5. The number of rotatable bonds is 2. The minimum atomic E-state index is 0.308. The Morgan fingerprint density at radius 3 is 1.74 bits per heavy atom. The Morgan fingerprint density at radius 1 is 0.789 bits per heavy atom. The predicted molar refractivity (Wildman–Crippen MR) is 79.2 cm³/mol. The Kier molecular flexibility index (Phi) is 5.78. The van der Waals surface area contributed by atoms with E-state index in [0.29, 0.717) is 17.8 Å². The summed E-state index contributed by atoms with van der Waals surface area (Å²) >= 11 is 0. The fourth-order valence-electron chi connectivity index (χ4n) is 3.61. The number of hydrogen-bond donors (Lipinski definition) is 0. The second-order valence-electron chi connectivity index (χ2n) is 6.47. The molecule has 0 spiro atoms. The van der Waals surface area contributed by atoms with Gasteiger partial charge in [-0.15, -0.1) is 0 Å². The average molecular weight is 257 g/mol. The zero-order chi connectivity index (χ0) is 13.5. The summed E-state index contributed by atoms with van der Waals surface area (Å²) in [6.07, 6.45) is 12.6. The molecule has 2 fully saturated rings. The molecule has 0 aromatic carbocycles. The quantitative estimate of drug-likeness (QED) is 0.644. The minimum absolute atomic E-state index is 0.308. The van der Waals surface area contributed by atoms with E-state index in [9.17, 15) is 0 Å². The number of nitriles is 1. The van der Waals surface area contributed by atoms with E-state index in [4.69, 9.17) is 5.26 Å². The maximum Gasteiger partial charge on any atom is 0.0655 e. The zero-order valence-electron chi connectivity index (χ0n) is 12.3. The molecule has 0 radical (unpaired) electrons. The van der Waals surface area contributed by atoms with E-state index in [0.717, 1.165) is 31.6 Å². The predicted octanol–water partition coefficient (Wildman–Crippen LogP) is 4.93. The van der Waals surface area contributed by atoms with E-state index in [1.54, 1.807) is 0 Å². The molecule has 0 bridgehead atoms. The van der Waals surface area contributed by atoms with Crippen molar-refractivity contribution in [3.8, 4) is 17.9 Å². The first-order valence-corrected chi connectivity index (χ1v) is 8.22. The molecule has 2 aliphatic rings. The molecule has 104 valence electrons. The van der Waals surface area contributed by atoms with Gasteiger partial charge in [-0.25, -0.2) is 0 Å². The molecule has 2 rings (SSSR count). The van der Waals surface area contributed by atoms with Crippen LogP contribution < -0.4 is 0 Å². The van der Waals surface area contributed by atoms with Crippen molar-refractivity contribution in [1.82, 2.24) is 0 Å². The summed E-state index contributed by atoms with van der Waals surface area (Å²) in [4.78, 5) is 0. The van der Waals surface area contributed by atoms with E-state index in [1.807, 2.05) is 0 Å². The largest absolute Gasteiger partial charge is 0.198 e. The van der Waals surface area contributed by atoms with Crippen molar-refractivity contribution < 1.29 is 0 Å². The third-order valence-electron chi connectivity index (χ3n) is 4.95. The first-order valence-electron chi connectivity index (χ1n) is 8.22. The average Bonchev–Trinajstić information content (AvgIpc) is 2.47. The summed E-state index contributed by atoms with van der Waals surface area (Å²) in [6.45, 7) is 2.30. The lowest BCUT2D eigenvalue weighted by Gasteiger charge is -2.25. The van der Waals surface area contributed by atoms with Crippen LogP contribution >= 0.6 is 0 Å². The molecule has 1 heteroatoms. The van der Waals surface area contributed by atoms with Crippen LogP contribution in [0.3, 0.4) is 0 Å². The number of hydrogen-bond acceptors (Lipinski definition) is 1. The fraction of sp³-hybridized carbons (Fsp3) is 0.833. The Bertz CT molecular complexity index is 351. The van der Waals surface area contributed by atoms with Gasteiger partial charge in [0, 0.05) is 17.8 Å². The molecule has 2 saturated carbocycles.